The third-order valence-electron chi connectivity index (χ3n) is 2.33. The van der Waals surface area contributed by atoms with Crippen LogP contribution in [0.2, 0.25) is 0 Å². The number of pyridine rings is 1. The number of carbonyl (C=O) groups is 1. The summed E-state index contributed by atoms with van der Waals surface area (Å²) in [5.41, 5.74) is 1.08. The molecule has 4 nitrogen and oxygen atoms in total. The summed E-state index contributed by atoms with van der Waals surface area (Å²) >= 11 is 6.65. The van der Waals surface area contributed by atoms with Crippen molar-refractivity contribution in [2.24, 2.45) is 0 Å². The highest BCUT2D eigenvalue weighted by Gasteiger charge is 2.08. The Morgan fingerprint density at radius 1 is 1.26 bits per heavy atom. The quantitative estimate of drug-likeness (QED) is 0.865. The second kappa shape index (κ2) is 6.16. The molecule has 0 unspecified atom stereocenters. The van der Waals surface area contributed by atoms with E-state index in [4.69, 9.17) is 9.84 Å². The highest BCUT2D eigenvalue weighted by Crippen LogP contribution is 2.27. The van der Waals surface area contributed by atoms with Gasteiger partial charge in [0.15, 0.2) is 0 Å². The highest BCUT2D eigenvalue weighted by molar-refractivity contribution is 9.10. The smallest absolute Gasteiger partial charge is 0.335 e. The van der Waals surface area contributed by atoms with Gasteiger partial charge in [-0.2, -0.15) is 0 Å². The van der Waals surface area contributed by atoms with E-state index < -0.39 is 5.97 Å². The third-order valence-corrected chi connectivity index (χ3v) is 3.42. The lowest BCUT2D eigenvalue weighted by atomic mass is 10.2. The van der Waals surface area contributed by atoms with Crippen LogP contribution in [0.1, 0.15) is 15.9 Å². The molecule has 0 fully saturated rings. The van der Waals surface area contributed by atoms with Crippen molar-refractivity contribution in [3.05, 3.63) is 56.7 Å². The minimum atomic E-state index is -0.985. The lowest BCUT2D eigenvalue weighted by Gasteiger charge is -2.09. The minimum Gasteiger partial charge on any atom is -0.488 e. The molecular formula is C13H9Br2NO3. The van der Waals surface area contributed by atoms with Crippen LogP contribution in [-0.2, 0) is 6.61 Å². The molecule has 0 spiro atoms. The van der Waals surface area contributed by atoms with Crippen molar-refractivity contribution in [1.82, 2.24) is 4.98 Å². The van der Waals surface area contributed by atoms with Gasteiger partial charge in [-0.05, 0) is 56.1 Å². The van der Waals surface area contributed by atoms with E-state index in [9.17, 15) is 4.79 Å². The van der Waals surface area contributed by atoms with Gasteiger partial charge in [0.25, 0.3) is 0 Å². The largest absolute Gasteiger partial charge is 0.488 e. The van der Waals surface area contributed by atoms with Crippen LogP contribution in [0, 0.1) is 0 Å². The van der Waals surface area contributed by atoms with Crippen LogP contribution in [0.3, 0.4) is 0 Å². The summed E-state index contributed by atoms with van der Waals surface area (Å²) in [6, 6.07) is 6.54. The van der Waals surface area contributed by atoms with Crippen LogP contribution in [0.5, 0.6) is 5.75 Å². The SMILES string of the molecule is O=C(O)c1ccc(Br)c(OCc2cncc(Br)c2)c1. The van der Waals surface area contributed by atoms with Gasteiger partial charge in [0.2, 0.25) is 0 Å². The minimum absolute atomic E-state index is 0.186. The first kappa shape index (κ1) is 14.0. The second-order valence-corrected chi connectivity index (χ2v) is 5.52. The Hall–Kier alpha value is -1.40. The van der Waals surface area contributed by atoms with E-state index in [1.807, 2.05) is 6.07 Å². The van der Waals surface area contributed by atoms with Crippen molar-refractivity contribution in [2.45, 2.75) is 6.61 Å². The Kier molecular flexibility index (Phi) is 4.55. The predicted molar refractivity (Wildman–Crippen MR) is 77.4 cm³/mol. The number of aromatic carboxylic acids is 1. The van der Waals surface area contributed by atoms with Crippen molar-refractivity contribution in [2.75, 3.05) is 0 Å². The summed E-state index contributed by atoms with van der Waals surface area (Å²) in [4.78, 5) is 14.9. The Labute approximate surface area is 126 Å². The summed E-state index contributed by atoms with van der Waals surface area (Å²) in [5.74, 6) is -0.499. The van der Waals surface area contributed by atoms with Gasteiger partial charge < -0.3 is 9.84 Å². The first-order valence-corrected chi connectivity index (χ1v) is 6.90. The van der Waals surface area contributed by atoms with Gasteiger partial charge in [0.05, 0.1) is 10.0 Å². The molecule has 0 atom stereocenters. The number of carboxylic acids is 1. The third kappa shape index (κ3) is 3.78. The number of carboxylic acid groups (broad SMARTS) is 1. The molecule has 1 aromatic carbocycles. The molecule has 0 saturated heterocycles. The molecule has 0 aliphatic rings. The Morgan fingerprint density at radius 2 is 2.05 bits per heavy atom. The van der Waals surface area contributed by atoms with Crippen molar-refractivity contribution in [1.29, 1.82) is 0 Å². The Morgan fingerprint density at radius 3 is 2.74 bits per heavy atom. The number of aromatic nitrogens is 1. The lowest BCUT2D eigenvalue weighted by Crippen LogP contribution is -2.00. The number of hydrogen-bond donors (Lipinski definition) is 1. The van der Waals surface area contributed by atoms with E-state index in [1.54, 1.807) is 18.5 Å². The second-order valence-electron chi connectivity index (χ2n) is 3.75. The van der Waals surface area contributed by atoms with Crippen LogP contribution in [0.15, 0.2) is 45.6 Å². The molecular weight excluding hydrogens is 378 g/mol. The zero-order chi connectivity index (χ0) is 13.8. The summed E-state index contributed by atoms with van der Waals surface area (Å²) in [5, 5.41) is 8.93. The molecule has 0 amide bonds. The highest BCUT2D eigenvalue weighted by atomic mass is 79.9. The van der Waals surface area contributed by atoms with Crippen LogP contribution in [-0.4, -0.2) is 16.1 Å². The van der Waals surface area contributed by atoms with Gasteiger partial charge >= 0.3 is 5.97 Å². The standard InChI is InChI=1S/C13H9Br2NO3/c14-10-3-8(5-16-6-10)7-19-12-4-9(13(17)18)1-2-11(12)15/h1-6H,7H2,(H,17,18). The molecule has 2 aromatic rings. The zero-order valence-electron chi connectivity index (χ0n) is 9.64. The summed E-state index contributed by atoms with van der Waals surface area (Å²) in [6.07, 6.45) is 3.38. The number of halogens is 2. The molecule has 0 radical (unpaired) electrons. The van der Waals surface area contributed by atoms with E-state index in [0.29, 0.717) is 16.8 Å². The van der Waals surface area contributed by atoms with Gasteiger partial charge in [-0.15, -0.1) is 0 Å². The molecule has 98 valence electrons. The number of ether oxygens (including phenoxy) is 1. The molecule has 0 saturated carbocycles. The average molecular weight is 387 g/mol. The number of benzene rings is 1. The molecule has 0 aliphatic carbocycles. The van der Waals surface area contributed by atoms with Crippen LogP contribution < -0.4 is 4.74 Å². The number of rotatable bonds is 4. The van der Waals surface area contributed by atoms with E-state index >= 15 is 0 Å². The topological polar surface area (TPSA) is 59.4 Å². The molecule has 2 rings (SSSR count). The summed E-state index contributed by atoms with van der Waals surface area (Å²) in [7, 11) is 0. The maximum Gasteiger partial charge on any atom is 0.335 e. The first-order chi connectivity index (χ1) is 9.06. The Balaban J connectivity index is 2.15. The van der Waals surface area contributed by atoms with Gasteiger partial charge in [0, 0.05) is 22.4 Å². The summed E-state index contributed by atoms with van der Waals surface area (Å²) < 4.78 is 7.17. The van der Waals surface area contributed by atoms with Crippen LogP contribution in [0.4, 0.5) is 0 Å². The lowest BCUT2D eigenvalue weighted by molar-refractivity contribution is 0.0696. The molecule has 1 aromatic heterocycles. The summed E-state index contributed by atoms with van der Waals surface area (Å²) in [6.45, 7) is 0.314. The van der Waals surface area contributed by atoms with Gasteiger partial charge in [0.1, 0.15) is 12.4 Å². The monoisotopic (exact) mass is 385 g/mol. The van der Waals surface area contributed by atoms with Crippen molar-refractivity contribution in [3.8, 4) is 5.75 Å². The zero-order valence-corrected chi connectivity index (χ0v) is 12.8. The fourth-order valence-electron chi connectivity index (χ4n) is 1.44. The molecule has 1 N–H and O–H groups in total. The van der Waals surface area contributed by atoms with E-state index in [0.717, 1.165) is 10.0 Å². The van der Waals surface area contributed by atoms with E-state index in [1.165, 1.54) is 12.1 Å². The van der Waals surface area contributed by atoms with Gasteiger partial charge in [-0.25, -0.2) is 4.79 Å². The molecule has 19 heavy (non-hydrogen) atoms. The molecule has 0 bridgehead atoms. The van der Waals surface area contributed by atoms with Crippen LogP contribution in [0.25, 0.3) is 0 Å². The average Bonchev–Trinajstić information content (AvgIpc) is 2.37. The van der Waals surface area contributed by atoms with Crippen molar-refractivity contribution < 1.29 is 14.6 Å². The maximum atomic E-state index is 10.9. The first-order valence-electron chi connectivity index (χ1n) is 5.31. The Bertz CT molecular complexity index is 617. The van der Waals surface area contributed by atoms with E-state index in [2.05, 4.69) is 36.8 Å². The van der Waals surface area contributed by atoms with Crippen LogP contribution >= 0.6 is 31.9 Å². The molecule has 1 heterocycles. The predicted octanol–water partition coefficient (Wildman–Crippen LogP) is 3.88. The number of nitrogens with zero attached hydrogens (tertiary/aromatic N) is 1. The number of hydrogen-bond acceptors (Lipinski definition) is 3. The molecule has 6 heteroatoms. The fraction of sp³-hybridized carbons (Fsp3) is 0.0769. The normalized spacial score (nSPS) is 10.2. The van der Waals surface area contributed by atoms with E-state index in [-0.39, 0.29) is 5.56 Å². The fourth-order valence-corrected chi connectivity index (χ4v) is 2.22. The van der Waals surface area contributed by atoms with Gasteiger partial charge in [-0.1, -0.05) is 0 Å². The maximum absolute atomic E-state index is 10.9. The van der Waals surface area contributed by atoms with Gasteiger partial charge in [-0.3, -0.25) is 4.98 Å². The van der Waals surface area contributed by atoms with Crippen molar-refractivity contribution in [3.63, 3.8) is 0 Å². The van der Waals surface area contributed by atoms with Crippen molar-refractivity contribution >= 4 is 37.8 Å². The molecule has 0 aliphatic heterocycles.